The molecule has 94 valence electrons. The third kappa shape index (κ3) is 3.43. The minimum absolute atomic E-state index is 0.615. The number of aryl methyl sites for hydroxylation is 2. The van der Waals surface area contributed by atoms with Gasteiger partial charge in [0.25, 0.3) is 0 Å². The lowest BCUT2D eigenvalue weighted by atomic mass is 9.93. The normalized spacial score (nSPS) is 12.3. The first-order valence-electron chi connectivity index (χ1n) is 6.77. The van der Waals surface area contributed by atoms with Crippen LogP contribution in [0.25, 0.3) is 0 Å². The fraction of sp³-hybridized carbons (Fsp3) is 0.353. The van der Waals surface area contributed by atoms with Crippen LogP contribution in [0.5, 0.6) is 0 Å². The summed E-state index contributed by atoms with van der Waals surface area (Å²) in [6, 6.07) is 13.3. The minimum Gasteiger partial charge on any atom is -0.265 e. The zero-order valence-corrected chi connectivity index (χ0v) is 11.3. The van der Waals surface area contributed by atoms with Gasteiger partial charge in [-0.15, -0.1) is 0 Å². The van der Waals surface area contributed by atoms with Gasteiger partial charge in [0, 0.05) is 12.4 Å². The largest absolute Gasteiger partial charge is 0.265 e. The molecular formula is C17H21N. The average Bonchev–Trinajstić information content (AvgIpc) is 2.46. The Bertz CT molecular complexity index is 459. The maximum atomic E-state index is 4.05. The summed E-state index contributed by atoms with van der Waals surface area (Å²) in [4.78, 5) is 4.05. The number of nitrogens with zero attached hydrogens (tertiary/aromatic N) is 1. The summed E-state index contributed by atoms with van der Waals surface area (Å²) < 4.78 is 0. The Morgan fingerprint density at radius 2 is 1.61 bits per heavy atom. The fourth-order valence-electron chi connectivity index (χ4n) is 2.18. The molecule has 0 fully saturated rings. The van der Waals surface area contributed by atoms with Crippen molar-refractivity contribution >= 4 is 0 Å². The lowest BCUT2D eigenvalue weighted by Gasteiger charge is -2.12. The molecule has 1 aromatic heterocycles. The molecule has 1 unspecified atom stereocenters. The third-order valence-corrected chi connectivity index (χ3v) is 3.57. The summed E-state index contributed by atoms with van der Waals surface area (Å²) in [5, 5.41) is 0. The Labute approximate surface area is 110 Å². The lowest BCUT2D eigenvalue weighted by molar-refractivity contribution is 0.679. The highest BCUT2D eigenvalue weighted by atomic mass is 14.6. The van der Waals surface area contributed by atoms with Crippen LogP contribution in [-0.2, 0) is 12.8 Å². The van der Waals surface area contributed by atoms with E-state index in [9.17, 15) is 0 Å². The van der Waals surface area contributed by atoms with Gasteiger partial charge in [0.05, 0.1) is 0 Å². The Balaban J connectivity index is 1.93. The van der Waals surface area contributed by atoms with E-state index in [0.29, 0.717) is 5.92 Å². The molecule has 0 aliphatic rings. The van der Waals surface area contributed by atoms with Crippen LogP contribution in [-0.4, -0.2) is 4.98 Å². The number of rotatable bonds is 5. The summed E-state index contributed by atoms with van der Waals surface area (Å²) in [7, 11) is 0. The fourth-order valence-corrected chi connectivity index (χ4v) is 2.18. The van der Waals surface area contributed by atoms with E-state index in [1.165, 1.54) is 23.1 Å². The van der Waals surface area contributed by atoms with Crippen molar-refractivity contribution in [3.8, 4) is 0 Å². The smallest absolute Gasteiger partial charge is 0.0270 e. The molecule has 0 spiro atoms. The molecule has 0 bridgehead atoms. The summed E-state index contributed by atoms with van der Waals surface area (Å²) in [6.07, 6.45) is 7.17. The first-order chi connectivity index (χ1) is 8.79. The standard InChI is InChI=1S/C17H21N/c1-3-15-6-8-17(9-7-15)14(2)4-5-16-10-12-18-13-11-16/h6-14H,3-5H2,1-2H3. The van der Waals surface area contributed by atoms with Gasteiger partial charge >= 0.3 is 0 Å². The van der Waals surface area contributed by atoms with Crippen molar-refractivity contribution in [1.29, 1.82) is 0 Å². The van der Waals surface area contributed by atoms with E-state index in [1.54, 1.807) is 0 Å². The van der Waals surface area contributed by atoms with Gasteiger partial charge in [-0.05, 0) is 54.0 Å². The highest BCUT2D eigenvalue weighted by molar-refractivity contribution is 5.25. The average molecular weight is 239 g/mol. The summed E-state index contributed by atoms with van der Waals surface area (Å²) in [6.45, 7) is 4.50. The van der Waals surface area contributed by atoms with Gasteiger partial charge in [-0.25, -0.2) is 0 Å². The molecule has 2 aromatic rings. The number of hydrogen-bond donors (Lipinski definition) is 0. The molecule has 0 amide bonds. The topological polar surface area (TPSA) is 12.9 Å². The van der Waals surface area contributed by atoms with Crippen molar-refractivity contribution in [3.63, 3.8) is 0 Å². The summed E-state index contributed by atoms with van der Waals surface area (Å²) in [5.74, 6) is 0.615. The van der Waals surface area contributed by atoms with Crippen molar-refractivity contribution < 1.29 is 0 Å². The quantitative estimate of drug-likeness (QED) is 0.754. The number of benzene rings is 1. The van der Waals surface area contributed by atoms with Crippen LogP contribution in [0.1, 0.15) is 42.9 Å². The minimum atomic E-state index is 0.615. The Hall–Kier alpha value is -1.63. The summed E-state index contributed by atoms with van der Waals surface area (Å²) >= 11 is 0. The predicted molar refractivity (Wildman–Crippen MR) is 76.8 cm³/mol. The molecular weight excluding hydrogens is 218 g/mol. The van der Waals surface area contributed by atoms with E-state index in [0.717, 1.165) is 12.8 Å². The van der Waals surface area contributed by atoms with Crippen molar-refractivity contribution in [2.45, 2.75) is 39.0 Å². The van der Waals surface area contributed by atoms with E-state index in [4.69, 9.17) is 0 Å². The van der Waals surface area contributed by atoms with Crippen molar-refractivity contribution in [2.24, 2.45) is 0 Å². The highest BCUT2D eigenvalue weighted by Crippen LogP contribution is 2.21. The molecule has 18 heavy (non-hydrogen) atoms. The number of pyridine rings is 1. The maximum absolute atomic E-state index is 4.05. The molecule has 0 saturated carbocycles. The second kappa shape index (κ2) is 6.34. The Morgan fingerprint density at radius 1 is 0.944 bits per heavy atom. The van der Waals surface area contributed by atoms with Gasteiger partial charge in [-0.3, -0.25) is 4.98 Å². The van der Waals surface area contributed by atoms with Crippen molar-refractivity contribution in [3.05, 3.63) is 65.5 Å². The van der Waals surface area contributed by atoms with Gasteiger partial charge < -0.3 is 0 Å². The van der Waals surface area contributed by atoms with Crippen LogP contribution >= 0.6 is 0 Å². The summed E-state index contributed by atoms with van der Waals surface area (Å²) in [5.41, 5.74) is 4.24. The molecule has 0 aliphatic heterocycles. The first-order valence-corrected chi connectivity index (χ1v) is 6.77. The third-order valence-electron chi connectivity index (χ3n) is 3.57. The Kier molecular flexibility index (Phi) is 4.52. The van der Waals surface area contributed by atoms with Crippen molar-refractivity contribution in [1.82, 2.24) is 4.98 Å². The molecule has 1 aromatic carbocycles. The van der Waals surface area contributed by atoms with Crippen LogP contribution in [0.2, 0.25) is 0 Å². The zero-order chi connectivity index (χ0) is 12.8. The molecule has 2 rings (SSSR count). The number of aromatic nitrogens is 1. The van der Waals surface area contributed by atoms with Gasteiger partial charge in [0.15, 0.2) is 0 Å². The van der Waals surface area contributed by atoms with Gasteiger partial charge in [0.2, 0.25) is 0 Å². The van der Waals surface area contributed by atoms with E-state index < -0.39 is 0 Å². The van der Waals surface area contributed by atoms with Crippen LogP contribution in [0.3, 0.4) is 0 Å². The zero-order valence-electron chi connectivity index (χ0n) is 11.3. The van der Waals surface area contributed by atoms with Gasteiger partial charge in [-0.1, -0.05) is 38.1 Å². The molecule has 0 N–H and O–H groups in total. The van der Waals surface area contributed by atoms with Gasteiger partial charge in [-0.2, -0.15) is 0 Å². The van der Waals surface area contributed by atoms with Crippen molar-refractivity contribution in [2.75, 3.05) is 0 Å². The van der Waals surface area contributed by atoms with E-state index in [1.807, 2.05) is 12.4 Å². The molecule has 1 heterocycles. The van der Waals surface area contributed by atoms with Crippen LogP contribution in [0, 0.1) is 0 Å². The van der Waals surface area contributed by atoms with Crippen LogP contribution in [0.4, 0.5) is 0 Å². The molecule has 1 nitrogen and oxygen atoms in total. The Morgan fingerprint density at radius 3 is 2.22 bits per heavy atom. The second-order valence-electron chi connectivity index (χ2n) is 4.89. The number of hydrogen-bond acceptors (Lipinski definition) is 1. The molecule has 1 heteroatoms. The monoisotopic (exact) mass is 239 g/mol. The first kappa shape index (κ1) is 12.8. The lowest BCUT2D eigenvalue weighted by Crippen LogP contribution is -1.97. The maximum Gasteiger partial charge on any atom is 0.0270 e. The predicted octanol–water partition coefficient (Wildman–Crippen LogP) is 4.38. The molecule has 1 atom stereocenters. The second-order valence-corrected chi connectivity index (χ2v) is 4.89. The SMILES string of the molecule is CCc1ccc(C(C)CCc2ccncc2)cc1. The van der Waals surface area contributed by atoms with Crippen LogP contribution in [0.15, 0.2) is 48.8 Å². The van der Waals surface area contributed by atoms with E-state index in [2.05, 4.69) is 55.2 Å². The molecule has 0 aliphatic carbocycles. The highest BCUT2D eigenvalue weighted by Gasteiger charge is 2.05. The van der Waals surface area contributed by atoms with E-state index in [-0.39, 0.29) is 0 Å². The van der Waals surface area contributed by atoms with Gasteiger partial charge in [0.1, 0.15) is 0 Å². The molecule has 0 radical (unpaired) electrons. The van der Waals surface area contributed by atoms with E-state index >= 15 is 0 Å². The van der Waals surface area contributed by atoms with Crippen LogP contribution < -0.4 is 0 Å². The molecule has 0 saturated heterocycles.